The van der Waals surface area contributed by atoms with Crippen LogP contribution in [0.25, 0.3) is 21.5 Å². The van der Waals surface area contributed by atoms with Crippen molar-refractivity contribution in [2.24, 2.45) is 0 Å². The van der Waals surface area contributed by atoms with Gasteiger partial charge in [-0.1, -0.05) is 82.3 Å². The van der Waals surface area contributed by atoms with Crippen LogP contribution in [0.15, 0.2) is 149 Å². The minimum Gasteiger partial charge on any atom is -0.457 e. The number of allylic oxidation sites excluding steroid dienone is 7. The second-order valence-corrected chi connectivity index (χ2v) is 23.2. The number of carbonyl (C=O) groups excluding carboxylic acids is 1. The Bertz CT molecular complexity index is 3360. The molecule has 0 radical (unpaired) electrons. The maximum atomic E-state index is 12.4. The van der Waals surface area contributed by atoms with E-state index in [4.69, 9.17) is 4.74 Å². The van der Waals surface area contributed by atoms with Gasteiger partial charge in [-0.25, -0.2) is 0 Å². The van der Waals surface area contributed by atoms with Crippen LogP contribution in [0.2, 0.25) is 0 Å². The van der Waals surface area contributed by atoms with Crippen molar-refractivity contribution < 1.29 is 40.0 Å². The molecule has 2 aliphatic heterocycles. The summed E-state index contributed by atoms with van der Waals surface area (Å²) in [6, 6.07) is 27.5. The van der Waals surface area contributed by atoms with Crippen molar-refractivity contribution in [1.82, 2.24) is 5.32 Å². The predicted octanol–water partition coefficient (Wildman–Crippen LogP) is 11.9. The normalized spacial score (nSPS) is 17.8. The summed E-state index contributed by atoms with van der Waals surface area (Å²) in [5.74, 6) is 0.887. The van der Waals surface area contributed by atoms with E-state index in [1.807, 2.05) is 30.3 Å². The first kappa shape index (κ1) is 51.2. The Balaban J connectivity index is 1.24. The van der Waals surface area contributed by atoms with Gasteiger partial charge in [0.05, 0.1) is 16.1 Å². The number of benzene rings is 5. The number of anilines is 1. The van der Waals surface area contributed by atoms with Gasteiger partial charge in [-0.2, -0.15) is 21.4 Å². The van der Waals surface area contributed by atoms with Gasteiger partial charge in [-0.3, -0.25) is 13.9 Å². The van der Waals surface area contributed by atoms with Gasteiger partial charge in [0.25, 0.3) is 20.2 Å². The fraction of sp³-hybridized carbons (Fsp3) is 0.345. The number of rotatable bonds is 17. The molecule has 0 aromatic heterocycles. The summed E-state index contributed by atoms with van der Waals surface area (Å²) in [6.45, 7) is 20.1. The molecular formula is C58H66N3O8S2+. The van der Waals surface area contributed by atoms with Crippen LogP contribution in [0.5, 0.6) is 5.75 Å². The molecule has 5 aromatic carbocycles. The highest BCUT2D eigenvalue weighted by atomic mass is 32.2. The molecule has 11 nitrogen and oxygen atoms in total. The average Bonchev–Trinajstić information content (AvgIpc) is 3.67. The van der Waals surface area contributed by atoms with Crippen LogP contribution in [-0.4, -0.2) is 67.5 Å². The Hall–Kier alpha value is -6.12. The molecule has 1 amide bonds. The molecule has 0 unspecified atom stereocenters. The van der Waals surface area contributed by atoms with E-state index in [0.29, 0.717) is 30.8 Å². The first-order chi connectivity index (χ1) is 33.6. The zero-order valence-electron chi connectivity index (χ0n) is 41.9. The molecule has 5 aromatic rings. The molecule has 372 valence electrons. The second kappa shape index (κ2) is 20.2. The monoisotopic (exact) mass is 996 g/mol. The van der Waals surface area contributed by atoms with E-state index < -0.39 is 31.1 Å². The van der Waals surface area contributed by atoms with Crippen molar-refractivity contribution in [3.05, 3.63) is 166 Å². The molecule has 0 fully saturated rings. The number of carbonyl (C=O) groups is 1. The van der Waals surface area contributed by atoms with Gasteiger partial charge in [0.1, 0.15) is 18.1 Å². The SMILES string of the molecule is C=C(C)C(=O)NCCc1ccc(OC2=C(/C=C/C3=[N+](CCCC)c4ccc5ccc(S(=O)(=O)O)cc5c4C3(C)C)CCC/C2=C\C=C2\N(CCCS(=O)(=O)O)c3ccc4c(C)cccc4c3C2(C)C)cc1. The lowest BCUT2D eigenvalue weighted by Crippen LogP contribution is -2.28. The second-order valence-electron chi connectivity index (χ2n) is 20.2. The van der Waals surface area contributed by atoms with Crippen molar-refractivity contribution >= 4 is 64.8 Å². The number of unbranched alkanes of at least 4 members (excludes halogenated alkanes) is 1. The predicted molar refractivity (Wildman–Crippen MR) is 286 cm³/mol. The van der Waals surface area contributed by atoms with E-state index >= 15 is 0 Å². The topological polar surface area (TPSA) is 153 Å². The van der Waals surface area contributed by atoms with E-state index in [0.717, 1.165) is 111 Å². The Morgan fingerprint density at radius 1 is 0.859 bits per heavy atom. The third-order valence-corrected chi connectivity index (χ3v) is 16.0. The lowest BCUT2D eigenvalue weighted by atomic mass is 9.78. The molecule has 0 saturated carbocycles. The molecule has 8 rings (SSSR count). The highest BCUT2D eigenvalue weighted by Gasteiger charge is 2.46. The van der Waals surface area contributed by atoms with Crippen LogP contribution in [0.1, 0.15) is 102 Å². The fourth-order valence-electron chi connectivity index (χ4n) is 10.7. The summed E-state index contributed by atoms with van der Waals surface area (Å²) in [5, 5.41) is 6.88. The summed E-state index contributed by atoms with van der Waals surface area (Å²) in [6.07, 6.45) is 13.8. The largest absolute Gasteiger partial charge is 0.457 e. The van der Waals surface area contributed by atoms with Crippen LogP contribution >= 0.6 is 0 Å². The summed E-state index contributed by atoms with van der Waals surface area (Å²) in [4.78, 5) is 14.2. The molecule has 0 saturated heterocycles. The summed E-state index contributed by atoms with van der Waals surface area (Å²) >= 11 is 0. The lowest BCUT2D eigenvalue weighted by Gasteiger charge is -2.27. The van der Waals surface area contributed by atoms with Crippen LogP contribution in [-0.2, 0) is 42.3 Å². The number of nitrogens with zero attached hydrogens (tertiary/aromatic N) is 2. The molecule has 0 atom stereocenters. The van der Waals surface area contributed by atoms with Gasteiger partial charge in [0.2, 0.25) is 11.6 Å². The molecule has 1 aliphatic carbocycles. The van der Waals surface area contributed by atoms with Gasteiger partial charge in [0.15, 0.2) is 5.71 Å². The van der Waals surface area contributed by atoms with Gasteiger partial charge < -0.3 is 15.0 Å². The van der Waals surface area contributed by atoms with Crippen molar-refractivity contribution in [3.8, 4) is 5.75 Å². The van der Waals surface area contributed by atoms with Crippen LogP contribution in [0, 0.1) is 6.92 Å². The summed E-state index contributed by atoms with van der Waals surface area (Å²) < 4.78 is 77.9. The minimum atomic E-state index is -4.43. The maximum absolute atomic E-state index is 12.4. The van der Waals surface area contributed by atoms with E-state index in [1.54, 1.807) is 19.1 Å². The van der Waals surface area contributed by atoms with Gasteiger partial charge >= 0.3 is 0 Å². The van der Waals surface area contributed by atoms with Crippen LogP contribution in [0.3, 0.4) is 0 Å². The molecule has 0 spiro atoms. The Kier molecular flexibility index (Phi) is 14.6. The summed E-state index contributed by atoms with van der Waals surface area (Å²) in [7, 11) is -8.60. The first-order valence-corrected chi connectivity index (χ1v) is 27.6. The first-order valence-electron chi connectivity index (χ1n) is 24.6. The molecule has 3 N–H and O–H groups in total. The molecule has 0 bridgehead atoms. The maximum Gasteiger partial charge on any atom is 0.294 e. The van der Waals surface area contributed by atoms with E-state index in [-0.39, 0.29) is 23.0 Å². The number of fused-ring (bicyclic) bond motifs is 6. The molecule has 2 heterocycles. The van der Waals surface area contributed by atoms with Crippen molar-refractivity contribution in [2.45, 2.75) is 109 Å². The van der Waals surface area contributed by atoms with Crippen molar-refractivity contribution in [2.75, 3.05) is 30.3 Å². The number of amides is 1. The minimum absolute atomic E-state index is 0.140. The summed E-state index contributed by atoms with van der Waals surface area (Å²) in [5.41, 5.74) is 9.92. The van der Waals surface area contributed by atoms with E-state index in [1.165, 1.54) is 17.2 Å². The van der Waals surface area contributed by atoms with E-state index in [2.05, 4.69) is 124 Å². The molecular weight excluding hydrogens is 931 g/mol. The van der Waals surface area contributed by atoms with E-state index in [9.17, 15) is 30.7 Å². The number of aryl methyl sites for hydroxylation is 1. The quantitative estimate of drug-likeness (QED) is 0.0469. The van der Waals surface area contributed by atoms with Crippen molar-refractivity contribution in [1.29, 1.82) is 0 Å². The number of hydrogen-bond acceptors (Lipinski definition) is 7. The Morgan fingerprint density at radius 3 is 2.31 bits per heavy atom. The third-order valence-electron chi connectivity index (χ3n) is 14.3. The highest BCUT2D eigenvalue weighted by molar-refractivity contribution is 7.86. The van der Waals surface area contributed by atoms with Gasteiger partial charge in [0, 0.05) is 59.6 Å². The smallest absolute Gasteiger partial charge is 0.294 e. The highest BCUT2D eigenvalue weighted by Crippen LogP contribution is 2.52. The zero-order chi connectivity index (χ0) is 51.0. The molecule has 71 heavy (non-hydrogen) atoms. The fourth-order valence-corrected chi connectivity index (χ4v) is 11.7. The zero-order valence-corrected chi connectivity index (χ0v) is 43.6. The Morgan fingerprint density at radius 2 is 1.61 bits per heavy atom. The third kappa shape index (κ3) is 10.6. The van der Waals surface area contributed by atoms with Gasteiger partial charge in [-0.15, -0.1) is 0 Å². The van der Waals surface area contributed by atoms with Crippen molar-refractivity contribution in [3.63, 3.8) is 0 Å². The number of hydrogen-bond donors (Lipinski definition) is 3. The average molecular weight is 997 g/mol. The number of ether oxygens (including phenoxy) is 1. The van der Waals surface area contributed by atoms with Crippen LogP contribution in [0.4, 0.5) is 11.4 Å². The molecule has 3 aliphatic rings. The lowest BCUT2D eigenvalue weighted by molar-refractivity contribution is -0.438. The standard InChI is InChI=1S/C58H65N3O8S2/c1-9-10-34-60-49-28-21-41-20-26-45(71(66,67)68)37-48(41)54(49)58(7,8)52(60)31-23-43-16-12-15-42(55(43)69-44-24-18-40(19-25-44)32-33-59-56(62)38(2)3)22-30-51-57(5,6)53-47-17-11-14-39(4)46(47)27-29-50(53)61(51)35-13-36-70(63,64)65/h11,14,17-31,37H,2,9-10,12-13,15-16,32-36H2,1,3-8H3,(H2-,59,62,63,64,65,66,67,68)/p+1. The van der Waals surface area contributed by atoms with Crippen LogP contribution < -0.4 is 15.0 Å². The Labute approximate surface area is 419 Å². The molecule has 13 heteroatoms. The van der Waals surface area contributed by atoms with Gasteiger partial charge in [-0.05, 0) is 158 Å². The number of nitrogens with one attached hydrogen (secondary N) is 1.